The Morgan fingerprint density at radius 3 is 3.06 bits per heavy atom. The first-order chi connectivity index (χ1) is 7.83. The molecule has 1 aromatic heterocycles. The van der Waals surface area contributed by atoms with Gasteiger partial charge in [0.25, 0.3) is 0 Å². The number of H-pyrrole nitrogens is 1. The van der Waals surface area contributed by atoms with Crippen molar-refractivity contribution >= 4 is 10.9 Å². The Hall–Kier alpha value is -1.28. The summed E-state index contributed by atoms with van der Waals surface area (Å²) in [6.45, 7) is 4.49. The van der Waals surface area contributed by atoms with E-state index in [2.05, 4.69) is 41.5 Å². The molecule has 2 nitrogen and oxygen atoms in total. The number of aromatic nitrogens is 1. The summed E-state index contributed by atoms with van der Waals surface area (Å²) in [6.07, 6.45) is 3.40. The normalized spacial score (nSPS) is 23.8. The van der Waals surface area contributed by atoms with Gasteiger partial charge in [-0.15, -0.1) is 0 Å². The van der Waals surface area contributed by atoms with Gasteiger partial charge in [-0.3, -0.25) is 0 Å². The molecule has 0 bridgehead atoms. The van der Waals surface area contributed by atoms with E-state index in [4.69, 9.17) is 0 Å². The molecule has 0 amide bonds. The van der Waals surface area contributed by atoms with Crippen molar-refractivity contribution in [3.8, 4) is 0 Å². The topological polar surface area (TPSA) is 27.8 Å². The van der Waals surface area contributed by atoms with E-state index in [1.54, 1.807) is 0 Å². The fourth-order valence-corrected chi connectivity index (χ4v) is 2.30. The van der Waals surface area contributed by atoms with Crippen LogP contribution in [0.25, 0.3) is 10.9 Å². The van der Waals surface area contributed by atoms with Crippen molar-refractivity contribution in [1.82, 2.24) is 10.3 Å². The van der Waals surface area contributed by atoms with Crippen LogP contribution in [0.4, 0.5) is 0 Å². The lowest BCUT2D eigenvalue weighted by Gasteiger charge is -2.04. The third-order valence-electron chi connectivity index (χ3n) is 3.63. The van der Waals surface area contributed by atoms with Crippen LogP contribution in [0.2, 0.25) is 0 Å². The van der Waals surface area contributed by atoms with E-state index in [0.29, 0.717) is 0 Å². The summed E-state index contributed by atoms with van der Waals surface area (Å²) in [7, 11) is 0. The molecule has 1 aromatic carbocycles. The van der Waals surface area contributed by atoms with Gasteiger partial charge >= 0.3 is 0 Å². The summed E-state index contributed by atoms with van der Waals surface area (Å²) < 4.78 is 0. The molecule has 2 aromatic rings. The molecule has 16 heavy (non-hydrogen) atoms. The molecule has 2 unspecified atom stereocenters. The van der Waals surface area contributed by atoms with Gasteiger partial charge in [0, 0.05) is 18.3 Å². The fraction of sp³-hybridized carbons (Fsp3) is 0.429. The zero-order valence-corrected chi connectivity index (χ0v) is 9.66. The maximum absolute atomic E-state index is 3.54. The number of aromatic amines is 1. The van der Waals surface area contributed by atoms with Crippen LogP contribution in [0.1, 0.15) is 18.9 Å². The number of hydrogen-bond acceptors (Lipinski definition) is 1. The van der Waals surface area contributed by atoms with Gasteiger partial charge in [-0.2, -0.15) is 0 Å². The second-order valence-electron chi connectivity index (χ2n) is 5.00. The summed E-state index contributed by atoms with van der Waals surface area (Å²) in [6, 6.07) is 8.74. The minimum atomic E-state index is 0.927. The Morgan fingerprint density at radius 2 is 2.25 bits per heavy atom. The Morgan fingerprint density at radius 1 is 1.38 bits per heavy atom. The minimum Gasteiger partial charge on any atom is -0.361 e. The van der Waals surface area contributed by atoms with Gasteiger partial charge in [-0.25, -0.2) is 0 Å². The molecule has 3 rings (SSSR count). The highest BCUT2D eigenvalue weighted by Gasteiger charge is 2.31. The average molecular weight is 214 g/mol. The lowest BCUT2D eigenvalue weighted by atomic mass is 10.1. The van der Waals surface area contributed by atoms with Crippen LogP contribution in [-0.4, -0.2) is 11.5 Å². The predicted octanol–water partition coefficient (Wildman–Crippen LogP) is 2.91. The molecule has 2 atom stereocenters. The number of rotatable bonds is 4. The van der Waals surface area contributed by atoms with Crippen LogP contribution < -0.4 is 5.32 Å². The number of benzene rings is 1. The van der Waals surface area contributed by atoms with Gasteiger partial charge < -0.3 is 10.3 Å². The van der Waals surface area contributed by atoms with Crippen LogP contribution in [-0.2, 0) is 6.54 Å². The highest BCUT2D eigenvalue weighted by molar-refractivity contribution is 5.79. The van der Waals surface area contributed by atoms with E-state index >= 15 is 0 Å². The van der Waals surface area contributed by atoms with Gasteiger partial charge in [0.1, 0.15) is 0 Å². The van der Waals surface area contributed by atoms with Crippen molar-refractivity contribution in [3.63, 3.8) is 0 Å². The minimum absolute atomic E-state index is 0.927. The quantitative estimate of drug-likeness (QED) is 0.804. The molecule has 0 aliphatic heterocycles. The van der Waals surface area contributed by atoms with E-state index in [-0.39, 0.29) is 0 Å². The molecule has 2 heteroatoms. The van der Waals surface area contributed by atoms with Crippen molar-refractivity contribution < 1.29 is 0 Å². The third kappa shape index (κ3) is 1.98. The van der Waals surface area contributed by atoms with E-state index in [1.807, 2.05) is 6.20 Å². The third-order valence-corrected chi connectivity index (χ3v) is 3.63. The molecule has 0 spiro atoms. The molecule has 2 N–H and O–H groups in total. The van der Waals surface area contributed by atoms with Crippen LogP contribution in [0, 0.1) is 11.8 Å². The summed E-state index contributed by atoms with van der Waals surface area (Å²) in [5, 5.41) is 4.85. The molecule has 0 radical (unpaired) electrons. The van der Waals surface area contributed by atoms with E-state index < -0.39 is 0 Å². The fourth-order valence-electron chi connectivity index (χ4n) is 2.30. The van der Waals surface area contributed by atoms with E-state index in [9.17, 15) is 0 Å². The summed E-state index contributed by atoms with van der Waals surface area (Å²) in [5.74, 6) is 1.87. The average Bonchev–Trinajstić information content (AvgIpc) is 2.80. The van der Waals surface area contributed by atoms with Crippen molar-refractivity contribution in [2.45, 2.75) is 19.9 Å². The molecular formula is C14H18N2. The predicted molar refractivity (Wildman–Crippen MR) is 67.3 cm³/mol. The van der Waals surface area contributed by atoms with Crippen molar-refractivity contribution in [3.05, 3.63) is 36.0 Å². The van der Waals surface area contributed by atoms with E-state index in [1.165, 1.54) is 29.4 Å². The molecule has 1 fully saturated rings. The Balaban J connectivity index is 1.60. The molecule has 1 aliphatic rings. The first-order valence-corrected chi connectivity index (χ1v) is 6.09. The van der Waals surface area contributed by atoms with Crippen LogP contribution >= 0.6 is 0 Å². The van der Waals surface area contributed by atoms with Gasteiger partial charge in [-0.1, -0.05) is 13.0 Å². The van der Waals surface area contributed by atoms with Gasteiger partial charge in [-0.05, 0) is 54.0 Å². The Bertz CT molecular complexity index is 486. The van der Waals surface area contributed by atoms with Crippen LogP contribution in [0.15, 0.2) is 30.5 Å². The SMILES string of the molecule is CC1CC1CNCc1ccc2[nH]ccc2c1. The van der Waals surface area contributed by atoms with Crippen molar-refractivity contribution in [1.29, 1.82) is 0 Å². The van der Waals surface area contributed by atoms with Crippen LogP contribution in [0.5, 0.6) is 0 Å². The first kappa shape index (κ1) is 9.91. The highest BCUT2D eigenvalue weighted by atomic mass is 14.9. The monoisotopic (exact) mass is 214 g/mol. The number of nitrogens with one attached hydrogen (secondary N) is 2. The zero-order valence-electron chi connectivity index (χ0n) is 9.66. The summed E-state index contributed by atoms with van der Waals surface area (Å²) >= 11 is 0. The second-order valence-corrected chi connectivity index (χ2v) is 5.00. The Labute approximate surface area is 96.1 Å². The van der Waals surface area contributed by atoms with Crippen molar-refractivity contribution in [2.75, 3.05) is 6.54 Å². The lowest BCUT2D eigenvalue weighted by Crippen LogP contribution is -2.16. The standard InChI is InChI=1S/C14H18N2/c1-10-6-13(10)9-15-8-11-2-3-14-12(7-11)4-5-16-14/h2-5,7,10,13,15-16H,6,8-9H2,1H3. The molecular weight excluding hydrogens is 196 g/mol. The first-order valence-electron chi connectivity index (χ1n) is 6.09. The van der Waals surface area contributed by atoms with Gasteiger partial charge in [0.2, 0.25) is 0 Å². The maximum Gasteiger partial charge on any atom is 0.0454 e. The number of hydrogen-bond donors (Lipinski definition) is 2. The Kier molecular flexibility index (Phi) is 2.44. The summed E-state index contributed by atoms with van der Waals surface area (Å²) in [4.78, 5) is 3.22. The van der Waals surface area contributed by atoms with Gasteiger partial charge in [0.15, 0.2) is 0 Å². The summed E-state index contributed by atoms with van der Waals surface area (Å²) in [5.41, 5.74) is 2.60. The molecule has 1 saturated carbocycles. The van der Waals surface area contributed by atoms with Crippen LogP contribution in [0.3, 0.4) is 0 Å². The van der Waals surface area contributed by atoms with E-state index in [0.717, 1.165) is 18.4 Å². The zero-order chi connectivity index (χ0) is 11.0. The smallest absolute Gasteiger partial charge is 0.0454 e. The molecule has 0 saturated heterocycles. The largest absolute Gasteiger partial charge is 0.361 e. The maximum atomic E-state index is 3.54. The second kappa shape index (κ2) is 3.95. The highest BCUT2D eigenvalue weighted by Crippen LogP contribution is 2.36. The number of fused-ring (bicyclic) bond motifs is 1. The van der Waals surface area contributed by atoms with Gasteiger partial charge in [0.05, 0.1) is 0 Å². The van der Waals surface area contributed by atoms with Crippen molar-refractivity contribution in [2.24, 2.45) is 11.8 Å². The molecule has 84 valence electrons. The lowest BCUT2D eigenvalue weighted by molar-refractivity contribution is 0.612. The molecule has 1 heterocycles. The molecule has 1 aliphatic carbocycles.